The third-order valence-corrected chi connectivity index (χ3v) is 2.50. The number of piperazine rings is 1. The molecule has 0 aromatic carbocycles. The highest BCUT2D eigenvalue weighted by atomic mass is 16.2. The molecule has 0 aromatic heterocycles. The normalized spacial score (nSPS) is 27.4. The maximum absolute atomic E-state index is 11.6. The van der Waals surface area contributed by atoms with Crippen LogP contribution < -0.4 is 5.73 Å². The van der Waals surface area contributed by atoms with Crippen LogP contribution in [0.3, 0.4) is 0 Å². The number of carbonyl (C=O) groups excluding carboxylic acids is 1. The molecule has 0 aliphatic carbocycles. The Bertz CT molecular complexity index is 193. The highest BCUT2D eigenvalue weighted by molar-refractivity contribution is 5.81. The molecule has 1 rings (SSSR count). The zero-order valence-corrected chi connectivity index (χ0v) is 8.66. The van der Waals surface area contributed by atoms with Gasteiger partial charge in [0.15, 0.2) is 0 Å². The Balaban J connectivity index is 2.56. The van der Waals surface area contributed by atoms with Gasteiger partial charge in [0.2, 0.25) is 5.91 Å². The maximum Gasteiger partial charge on any atom is 0.239 e. The second kappa shape index (κ2) is 4.07. The van der Waals surface area contributed by atoms with Crippen LogP contribution in [-0.2, 0) is 4.79 Å². The van der Waals surface area contributed by atoms with Gasteiger partial charge in [-0.15, -0.1) is 0 Å². The van der Waals surface area contributed by atoms with Crippen LogP contribution in [-0.4, -0.2) is 54.5 Å². The fraction of sp³-hybridized carbons (Fsp3) is 0.889. The summed E-state index contributed by atoms with van der Waals surface area (Å²) >= 11 is 0. The van der Waals surface area contributed by atoms with Crippen molar-refractivity contribution in [3.63, 3.8) is 0 Å². The van der Waals surface area contributed by atoms with Crippen molar-refractivity contribution in [2.24, 2.45) is 5.73 Å². The monoisotopic (exact) mass is 185 g/mol. The first kappa shape index (κ1) is 10.5. The lowest BCUT2D eigenvalue weighted by atomic mass is 10.1. The van der Waals surface area contributed by atoms with Crippen LogP contribution in [0.4, 0.5) is 0 Å². The number of carbonyl (C=O) groups is 1. The van der Waals surface area contributed by atoms with Gasteiger partial charge in [0.25, 0.3) is 0 Å². The molecule has 1 saturated heterocycles. The van der Waals surface area contributed by atoms with Crippen molar-refractivity contribution in [1.29, 1.82) is 0 Å². The van der Waals surface area contributed by atoms with Crippen molar-refractivity contribution >= 4 is 5.91 Å². The van der Waals surface area contributed by atoms with Crippen molar-refractivity contribution in [1.82, 2.24) is 9.80 Å². The SMILES string of the molecule is CC1CN(C)CCN1C(=O)[C@H](C)N. The largest absolute Gasteiger partial charge is 0.336 e. The highest BCUT2D eigenvalue weighted by Crippen LogP contribution is 2.08. The molecule has 0 saturated carbocycles. The Morgan fingerprint density at radius 3 is 2.62 bits per heavy atom. The Hall–Kier alpha value is -0.610. The average Bonchev–Trinajstić information content (AvgIpc) is 2.03. The predicted molar refractivity (Wildman–Crippen MR) is 52.3 cm³/mol. The molecule has 0 aromatic rings. The Kier molecular flexibility index (Phi) is 3.27. The van der Waals surface area contributed by atoms with Gasteiger partial charge in [-0.3, -0.25) is 4.79 Å². The summed E-state index contributed by atoms with van der Waals surface area (Å²) in [6.45, 7) is 6.50. The summed E-state index contributed by atoms with van der Waals surface area (Å²) in [5.74, 6) is 0.0700. The second-order valence-corrected chi connectivity index (χ2v) is 3.93. The lowest BCUT2D eigenvalue weighted by Gasteiger charge is -2.39. The van der Waals surface area contributed by atoms with Crippen molar-refractivity contribution in [3.8, 4) is 0 Å². The second-order valence-electron chi connectivity index (χ2n) is 3.93. The molecule has 0 spiro atoms. The van der Waals surface area contributed by atoms with Crippen molar-refractivity contribution in [2.45, 2.75) is 25.9 Å². The molecular weight excluding hydrogens is 166 g/mol. The van der Waals surface area contributed by atoms with Crippen LogP contribution in [0, 0.1) is 0 Å². The summed E-state index contributed by atoms with van der Waals surface area (Å²) in [7, 11) is 2.07. The third-order valence-electron chi connectivity index (χ3n) is 2.50. The van der Waals surface area contributed by atoms with Crippen LogP contribution in [0.5, 0.6) is 0 Å². The van der Waals surface area contributed by atoms with E-state index in [0.29, 0.717) is 0 Å². The molecule has 76 valence electrons. The van der Waals surface area contributed by atoms with Gasteiger partial charge in [-0.1, -0.05) is 0 Å². The van der Waals surface area contributed by atoms with Gasteiger partial charge in [0.1, 0.15) is 0 Å². The molecule has 2 N–H and O–H groups in total. The van der Waals surface area contributed by atoms with Crippen LogP contribution in [0.15, 0.2) is 0 Å². The molecule has 4 nitrogen and oxygen atoms in total. The molecule has 0 radical (unpaired) electrons. The molecular formula is C9H19N3O. The summed E-state index contributed by atoms with van der Waals surface area (Å²) in [6, 6.07) is -0.0805. The summed E-state index contributed by atoms with van der Waals surface area (Å²) in [5, 5.41) is 0. The van der Waals surface area contributed by atoms with Crippen molar-refractivity contribution in [2.75, 3.05) is 26.7 Å². The number of nitrogens with zero attached hydrogens (tertiary/aromatic N) is 2. The van der Waals surface area contributed by atoms with Gasteiger partial charge in [-0.25, -0.2) is 0 Å². The molecule has 1 fully saturated rings. The van der Waals surface area contributed by atoms with E-state index in [1.54, 1.807) is 6.92 Å². The van der Waals surface area contributed by atoms with Crippen molar-refractivity contribution in [3.05, 3.63) is 0 Å². The first-order valence-corrected chi connectivity index (χ1v) is 4.77. The predicted octanol–water partition coefficient (Wildman–Crippen LogP) is -0.504. The molecule has 1 unspecified atom stereocenters. The molecule has 0 bridgehead atoms. The summed E-state index contributed by atoms with van der Waals surface area (Å²) in [4.78, 5) is 15.7. The van der Waals surface area contributed by atoms with E-state index in [4.69, 9.17) is 5.73 Å². The number of likely N-dealkylation sites (N-methyl/N-ethyl adjacent to an activating group) is 1. The van der Waals surface area contributed by atoms with Crippen LogP contribution in [0.25, 0.3) is 0 Å². The zero-order valence-electron chi connectivity index (χ0n) is 8.66. The third kappa shape index (κ3) is 2.42. The minimum absolute atomic E-state index is 0.0700. The van der Waals surface area contributed by atoms with E-state index < -0.39 is 0 Å². The number of rotatable bonds is 1. The van der Waals surface area contributed by atoms with Gasteiger partial charge in [0, 0.05) is 25.7 Å². The van der Waals surface area contributed by atoms with Gasteiger partial charge in [-0.05, 0) is 20.9 Å². The smallest absolute Gasteiger partial charge is 0.239 e. The van der Waals surface area contributed by atoms with E-state index in [0.717, 1.165) is 19.6 Å². The average molecular weight is 185 g/mol. The van der Waals surface area contributed by atoms with Crippen LogP contribution >= 0.6 is 0 Å². The Labute approximate surface area is 79.7 Å². The molecule has 1 aliphatic rings. The number of amides is 1. The van der Waals surface area contributed by atoms with Crippen LogP contribution in [0.1, 0.15) is 13.8 Å². The standard InChI is InChI=1S/C9H19N3O/c1-7-6-11(3)4-5-12(7)9(13)8(2)10/h7-8H,4-6,10H2,1-3H3/t7?,8-/m0/s1. The van der Waals surface area contributed by atoms with E-state index in [2.05, 4.69) is 18.9 Å². The van der Waals surface area contributed by atoms with Crippen molar-refractivity contribution < 1.29 is 4.79 Å². The lowest BCUT2D eigenvalue weighted by Crippen LogP contribution is -2.56. The maximum atomic E-state index is 11.6. The highest BCUT2D eigenvalue weighted by Gasteiger charge is 2.26. The number of hydrogen-bond donors (Lipinski definition) is 1. The van der Waals surface area contributed by atoms with E-state index in [1.165, 1.54) is 0 Å². The topological polar surface area (TPSA) is 49.6 Å². The van der Waals surface area contributed by atoms with Crippen LogP contribution in [0.2, 0.25) is 0 Å². The molecule has 1 aliphatic heterocycles. The quantitative estimate of drug-likeness (QED) is 0.599. The zero-order chi connectivity index (χ0) is 10.0. The van der Waals surface area contributed by atoms with Gasteiger partial charge in [-0.2, -0.15) is 0 Å². The number of nitrogens with two attached hydrogens (primary N) is 1. The first-order valence-electron chi connectivity index (χ1n) is 4.77. The fourth-order valence-electron chi connectivity index (χ4n) is 1.73. The Morgan fingerprint density at radius 2 is 2.15 bits per heavy atom. The Morgan fingerprint density at radius 1 is 1.54 bits per heavy atom. The van der Waals surface area contributed by atoms with Gasteiger partial charge < -0.3 is 15.5 Å². The van der Waals surface area contributed by atoms with E-state index in [-0.39, 0.29) is 18.0 Å². The fourth-order valence-corrected chi connectivity index (χ4v) is 1.73. The first-order chi connectivity index (χ1) is 6.02. The molecule has 2 atom stereocenters. The molecule has 4 heteroatoms. The lowest BCUT2D eigenvalue weighted by molar-refractivity contribution is -0.136. The minimum Gasteiger partial charge on any atom is -0.336 e. The van der Waals surface area contributed by atoms with E-state index in [9.17, 15) is 4.79 Å². The molecule has 13 heavy (non-hydrogen) atoms. The summed E-state index contributed by atoms with van der Waals surface area (Å²) < 4.78 is 0. The molecule has 1 amide bonds. The van der Waals surface area contributed by atoms with Gasteiger partial charge in [0.05, 0.1) is 6.04 Å². The minimum atomic E-state index is -0.370. The number of hydrogen-bond acceptors (Lipinski definition) is 3. The van der Waals surface area contributed by atoms with Gasteiger partial charge >= 0.3 is 0 Å². The van der Waals surface area contributed by atoms with E-state index >= 15 is 0 Å². The summed E-state index contributed by atoms with van der Waals surface area (Å²) in [5.41, 5.74) is 5.56. The molecule has 1 heterocycles. The van der Waals surface area contributed by atoms with E-state index in [1.807, 2.05) is 4.90 Å². The summed E-state index contributed by atoms with van der Waals surface area (Å²) in [6.07, 6.45) is 0.